The Morgan fingerprint density at radius 3 is 2.26 bits per heavy atom. The number of amides is 1. The van der Waals surface area contributed by atoms with Gasteiger partial charge in [-0.05, 0) is 36.8 Å². The summed E-state index contributed by atoms with van der Waals surface area (Å²) in [6, 6.07) is 8.44. The van der Waals surface area contributed by atoms with Gasteiger partial charge in [0.25, 0.3) is 0 Å². The highest BCUT2D eigenvalue weighted by Crippen LogP contribution is 2.24. The topological polar surface area (TPSA) is 75.4 Å². The van der Waals surface area contributed by atoms with Gasteiger partial charge in [0.15, 0.2) is 0 Å². The van der Waals surface area contributed by atoms with Gasteiger partial charge >= 0.3 is 0 Å². The number of aliphatic hydroxyl groups excluding tert-OH is 1. The molecule has 1 aliphatic rings. The van der Waals surface area contributed by atoms with Gasteiger partial charge in [-0.2, -0.15) is 0 Å². The number of primary amides is 1. The number of benzene rings is 1. The minimum atomic E-state index is -0.155. The summed E-state index contributed by atoms with van der Waals surface area (Å²) in [5.74, 6) is -0.0834. The lowest BCUT2D eigenvalue weighted by atomic mass is 9.85. The van der Waals surface area contributed by atoms with Crippen LogP contribution in [0.25, 0.3) is 0 Å². The maximum absolute atomic E-state index is 11.1. The third-order valence-corrected chi connectivity index (χ3v) is 3.93. The van der Waals surface area contributed by atoms with Crippen LogP contribution in [0.3, 0.4) is 0 Å². The summed E-state index contributed by atoms with van der Waals surface area (Å²) in [4.78, 5) is 11.1. The molecule has 0 atom stereocenters. The van der Waals surface area contributed by atoms with Crippen LogP contribution in [0.5, 0.6) is 0 Å². The molecule has 0 saturated heterocycles. The van der Waals surface area contributed by atoms with Gasteiger partial charge in [0, 0.05) is 18.5 Å². The van der Waals surface area contributed by atoms with Crippen molar-refractivity contribution in [2.45, 2.75) is 44.9 Å². The van der Waals surface area contributed by atoms with Gasteiger partial charge < -0.3 is 16.2 Å². The first-order valence-electron chi connectivity index (χ1n) is 6.90. The molecular weight excluding hydrogens is 240 g/mol. The quantitative estimate of drug-likeness (QED) is 0.749. The van der Waals surface area contributed by atoms with Gasteiger partial charge in [-0.1, -0.05) is 24.3 Å². The molecule has 0 radical (unpaired) electrons. The lowest BCUT2D eigenvalue weighted by Crippen LogP contribution is -2.36. The molecule has 0 aliphatic heterocycles. The highest BCUT2D eigenvalue weighted by Gasteiger charge is 2.24. The van der Waals surface area contributed by atoms with Gasteiger partial charge in [0.1, 0.15) is 0 Å². The molecule has 0 spiro atoms. The highest BCUT2D eigenvalue weighted by molar-refractivity contribution is 5.76. The van der Waals surface area contributed by atoms with E-state index in [-0.39, 0.29) is 18.4 Å². The van der Waals surface area contributed by atoms with Gasteiger partial charge in [-0.3, -0.25) is 4.79 Å². The van der Waals surface area contributed by atoms with Crippen molar-refractivity contribution in [1.29, 1.82) is 0 Å². The summed E-state index contributed by atoms with van der Waals surface area (Å²) in [7, 11) is 0. The van der Waals surface area contributed by atoms with Gasteiger partial charge in [-0.15, -0.1) is 0 Å². The van der Waals surface area contributed by atoms with E-state index in [0.29, 0.717) is 6.04 Å². The summed E-state index contributed by atoms with van der Waals surface area (Å²) >= 11 is 0. The average Bonchev–Trinajstić information content (AvgIpc) is 2.46. The van der Waals surface area contributed by atoms with E-state index in [1.54, 1.807) is 0 Å². The lowest BCUT2D eigenvalue weighted by molar-refractivity contribution is -0.122. The zero-order valence-electron chi connectivity index (χ0n) is 11.1. The molecule has 1 aromatic rings. The number of nitrogens with two attached hydrogens (primary N) is 1. The summed E-state index contributed by atoms with van der Waals surface area (Å²) in [6.07, 6.45) is 3.83. The third kappa shape index (κ3) is 4.04. The van der Waals surface area contributed by atoms with Gasteiger partial charge in [-0.25, -0.2) is 0 Å². The van der Waals surface area contributed by atoms with Gasteiger partial charge in [0.2, 0.25) is 5.91 Å². The first-order chi connectivity index (χ1) is 9.19. The van der Waals surface area contributed by atoms with Crippen LogP contribution < -0.4 is 11.1 Å². The molecule has 0 aromatic heterocycles. The molecule has 1 saturated carbocycles. The summed E-state index contributed by atoms with van der Waals surface area (Å²) in [5.41, 5.74) is 7.48. The molecule has 1 aliphatic carbocycles. The number of hydrogen-bond acceptors (Lipinski definition) is 3. The Morgan fingerprint density at radius 2 is 1.74 bits per heavy atom. The van der Waals surface area contributed by atoms with Crippen LogP contribution in [-0.4, -0.2) is 17.1 Å². The number of hydrogen-bond donors (Lipinski definition) is 3. The Balaban J connectivity index is 1.75. The van der Waals surface area contributed by atoms with Crippen LogP contribution in [-0.2, 0) is 17.9 Å². The first-order valence-corrected chi connectivity index (χ1v) is 6.90. The molecule has 1 aromatic carbocycles. The van der Waals surface area contributed by atoms with E-state index in [0.717, 1.165) is 37.8 Å². The number of carbonyl (C=O) groups is 1. The smallest absolute Gasteiger partial charge is 0.220 e. The molecule has 1 amide bonds. The van der Waals surface area contributed by atoms with E-state index in [9.17, 15) is 4.79 Å². The second kappa shape index (κ2) is 6.68. The Morgan fingerprint density at radius 1 is 1.16 bits per heavy atom. The molecule has 19 heavy (non-hydrogen) atoms. The zero-order valence-corrected chi connectivity index (χ0v) is 11.1. The first kappa shape index (κ1) is 14.0. The van der Waals surface area contributed by atoms with E-state index in [1.807, 2.05) is 24.3 Å². The zero-order chi connectivity index (χ0) is 13.7. The number of carbonyl (C=O) groups excluding carboxylic acids is 1. The largest absolute Gasteiger partial charge is 0.392 e. The second-order valence-electron chi connectivity index (χ2n) is 5.31. The Kier molecular flexibility index (Phi) is 4.93. The Bertz CT molecular complexity index is 409. The molecule has 4 N–H and O–H groups in total. The Hall–Kier alpha value is -1.39. The van der Waals surface area contributed by atoms with Crippen LogP contribution >= 0.6 is 0 Å². The van der Waals surface area contributed by atoms with Crippen molar-refractivity contribution in [3.8, 4) is 0 Å². The molecule has 4 nitrogen and oxygen atoms in total. The summed E-state index contributed by atoms with van der Waals surface area (Å²) < 4.78 is 0. The minimum Gasteiger partial charge on any atom is -0.392 e. The van der Waals surface area contributed by atoms with Crippen molar-refractivity contribution in [3.63, 3.8) is 0 Å². The van der Waals surface area contributed by atoms with Crippen LogP contribution in [0.1, 0.15) is 36.8 Å². The van der Waals surface area contributed by atoms with Crippen LogP contribution in [0.2, 0.25) is 0 Å². The molecule has 0 heterocycles. The van der Waals surface area contributed by atoms with Crippen molar-refractivity contribution in [2.75, 3.05) is 0 Å². The van der Waals surface area contributed by atoms with E-state index >= 15 is 0 Å². The van der Waals surface area contributed by atoms with Crippen molar-refractivity contribution in [1.82, 2.24) is 5.32 Å². The predicted octanol–water partition coefficient (Wildman–Crippen LogP) is 1.31. The molecule has 0 bridgehead atoms. The number of aliphatic hydroxyl groups is 1. The summed E-state index contributed by atoms with van der Waals surface area (Å²) in [6.45, 7) is 0.919. The molecule has 2 rings (SSSR count). The van der Waals surface area contributed by atoms with E-state index in [2.05, 4.69) is 5.32 Å². The molecule has 4 heteroatoms. The number of nitrogens with one attached hydrogen (secondary N) is 1. The monoisotopic (exact) mass is 262 g/mol. The number of rotatable bonds is 5. The molecule has 104 valence electrons. The summed E-state index contributed by atoms with van der Waals surface area (Å²) in [5, 5.41) is 12.5. The van der Waals surface area contributed by atoms with E-state index in [4.69, 9.17) is 10.8 Å². The Labute approximate surface area is 114 Å². The standard InChI is InChI=1S/C15H22N2O2/c16-15(19)13-5-7-14(8-6-13)17-9-11-1-3-12(10-18)4-2-11/h1-4,13-14,17-18H,5-10H2,(H2,16,19). The van der Waals surface area contributed by atoms with Crippen molar-refractivity contribution < 1.29 is 9.90 Å². The maximum Gasteiger partial charge on any atom is 0.220 e. The van der Waals surface area contributed by atoms with E-state index in [1.165, 1.54) is 5.56 Å². The average molecular weight is 262 g/mol. The van der Waals surface area contributed by atoms with Crippen LogP contribution in [0, 0.1) is 5.92 Å². The SMILES string of the molecule is NC(=O)C1CCC(NCc2ccc(CO)cc2)CC1. The van der Waals surface area contributed by atoms with Crippen LogP contribution in [0.4, 0.5) is 0 Å². The normalized spacial score (nSPS) is 23.2. The molecular formula is C15H22N2O2. The fourth-order valence-corrected chi connectivity index (χ4v) is 2.61. The molecule has 0 unspecified atom stereocenters. The fourth-order valence-electron chi connectivity index (χ4n) is 2.61. The van der Waals surface area contributed by atoms with Crippen LogP contribution in [0.15, 0.2) is 24.3 Å². The van der Waals surface area contributed by atoms with Crippen molar-refractivity contribution in [2.24, 2.45) is 11.7 Å². The predicted molar refractivity (Wildman–Crippen MR) is 74.1 cm³/mol. The fraction of sp³-hybridized carbons (Fsp3) is 0.533. The van der Waals surface area contributed by atoms with Crippen molar-refractivity contribution >= 4 is 5.91 Å². The third-order valence-electron chi connectivity index (χ3n) is 3.93. The maximum atomic E-state index is 11.1. The molecule has 1 fully saturated rings. The lowest BCUT2D eigenvalue weighted by Gasteiger charge is -2.27. The second-order valence-corrected chi connectivity index (χ2v) is 5.31. The van der Waals surface area contributed by atoms with E-state index < -0.39 is 0 Å². The van der Waals surface area contributed by atoms with Crippen molar-refractivity contribution in [3.05, 3.63) is 35.4 Å². The van der Waals surface area contributed by atoms with Gasteiger partial charge in [0.05, 0.1) is 6.61 Å². The highest BCUT2D eigenvalue weighted by atomic mass is 16.3. The minimum absolute atomic E-state index is 0.0712.